The fourth-order valence-electron chi connectivity index (χ4n) is 3.76. The molecule has 8 heteroatoms. The molecular formula is C26H25ClN4O3. The second-order valence-corrected chi connectivity index (χ2v) is 8.21. The second-order valence-electron chi connectivity index (χ2n) is 7.81. The molecule has 0 bridgehead atoms. The van der Waals surface area contributed by atoms with Crippen LogP contribution >= 0.6 is 11.6 Å². The van der Waals surface area contributed by atoms with Crippen LogP contribution in [-0.2, 0) is 9.53 Å². The maximum atomic E-state index is 12.7. The third kappa shape index (κ3) is 5.48. The number of halogens is 1. The number of nitriles is 1. The van der Waals surface area contributed by atoms with Gasteiger partial charge in [-0.25, -0.2) is 4.68 Å². The van der Waals surface area contributed by atoms with Crippen molar-refractivity contribution in [3.05, 3.63) is 70.9 Å². The van der Waals surface area contributed by atoms with E-state index in [1.165, 1.54) is 0 Å². The van der Waals surface area contributed by atoms with Gasteiger partial charge in [-0.2, -0.15) is 10.4 Å². The summed E-state index contributed by atoms with van der Waals surface area (Å²) in [4.78, 5) is 12.7. The van der Waals surface area contributed by atoms with E-state index in [1.54, 1.807) is 29.1 Å². The highest BCUT2D eigenvalue weighted by Gasteiger charge is 2.19. The van der Waals surface area contributed by atoms with Crippen molar-refractivity contribution in [1.82, 2.24) is 15.1 Å². The minimum absolute atomic E-state index is 0.00807. The van der Waals surface area contributed by atoms with Crippen molar-refractivity contribution in [2.75, 3.05) is 19.8 Å². The molecule has 1 aliphatic rings. The Morgan fingerprint density at radius 3 is 2.85 bits per heavy atom. The van der Waals surface area contributed by atoms with Crippen LogP contribution in [0, 0.1) is 11.3 Å². The van der Waals surface area contributed by atoms with Gasteiger partial charge in [-0.15, -0.1) is 0 Å². The summed E-state index contributed by atoms with van der Waals surface area (Å²) >= 11 is 6.42. The molecule has 3 aromatic rings. The lowest BCUT2D eigenvalue weighted by atomic mass is 10.1. The maximum absolute atomic E-state index is 12.7. The minimum Gasteiger partial charge on any atom is -0.492 e. The van der Waals surface area contributed by atoms with E-state index in [-0.39, 0.29) is 11.7 Å². The van der Waals surface area contributed by atoms with Crippen molar-refractivity contribution < 1.29 is 14.3 Å². The lowest BCUT2D eigenvalue weighted by molar-refractivity contribution is -0.117. The molecule has 2 heterocycles. The highest BCUT2D eigenvalue weighted by molar-refractivity contribution is 6.32. The normalized spacial score (nSPS) is 15.7. The largest absolute Gasteiger partial charge is 0.492 e. The summed E-state index contributed by atoms with van der Waals surface area (Å²) in [6.45, 7) is 3.47. The number of benzene rings is 2. The van der Waals surface area contributed by atoms with Crippen LogP contribution in [0.4, 0.5) is 0 Å². The van der Waals surface area contributed by atoms with E-state index in [1.807, 2.05) is 49.4 Å². The average molecular weight is 477 g/mol. The number of nitrogens with zero attached hydrogens (tertiary/aromatic N) is 3. The molecule has 0 saturated carbocycles. The van der Waals surface area contributed by atoms with E-state index in [0.29, 0.717) is 41.8 Å². The van der Waals surface area contributed by atoms with Crippen molar-refractivity contribution in [2.24, 2.45) is 0 Å². The van der Waals surface area contributed by atoms with Gasteiger partial charge in [-0.3, -0.25) is 4.79 Å². The molecule has 0 unspecified atom stereocenters. The topological polar surface area (TPSA) is 89.2 Å². The summed E-state index contributed by atoms with van der Waals surface area (Å²) in [5.74, 6) is 0.139. The quantitative estimate of drug-likeness (QED) is 0.373. The predicted octanol–water partition coefficient (Wildman–Crippen LogP) is 4.79. The Balaban J connectivity index is 1.69. The molecule has 1 aromatic heterocycles. The van der Waals surface area contributed by atoms with Gasteiger partial charge in [0.2, 0.25) is 0 Å². The zero-order valence-electron chi connectivity index (χ0n) is 18.8. The number of carbonyl (C=O) groups is 1. The van der Waals surface area contributed by atoms with Gasteiger partial charge in [-0.1, -0.05) is 29.8 Å². The standard InChI is InChI=1S/C26H25ClN4O3/c1-2-33-24-11-10-18(14-23(24)27)25-20(17-31(30-25)21-7-4-3-5-8-21)13-19(15-28)26(32)29-16-22-9-6-12-34-22/h3-5,7-8,10-11,13-14,17,22H,2,6,9,12,16H2,1H3,(H,29,32)/b19-13-/t22-/m0/s1. The SMILES string of the molecule is CCOc1ccc(-c2nn(-c3ccccc3)cc2/C=C(/C#N)C(=O)NC[C@@H]2CCCO2)cc1Cl. The summed E-state index contributed by atoms with van der Waals surface area (Å²) in [5, 5.41) is 17.7. The lowest BCUT2D eigenvalue weighted by Crippen LogP contribution is -2.32. The Labute approximate surface area is 203 Å². The summed E-state index contributed by atoms with van der Waals surface area (Å²) in [7, 11) is 0. The molecule has 4 rings (SSSR count). The molecule has 7 nitrogen and oxygen atoms in total. The van der Waals surface area contributed by atoms with E-state index in [9.17, 15) is 10.1 Å². The molecule has 1 atom stereocenters. The first kappa shape index (κ1) is 23.6. The molecule has 1 N–H and O–H groups in total. The van der Waals surface area contributed by atoms with Crippen molar-refractivity contribution in [3.63, 3.8) is 0 Å². The molecule has 1 fully saturated rings. The van der Waals surface area contributed by atoms with Crippen LogP contribution in [-0.4, -0.2) is 41.6 Å². The molecule has 2 aromatic carbocycles. The van der Waals surface area contributed by atoms with Crippen molar-refractivity contribution in [2.45, 2.75) is 25.9 Å². The first-order valence-corrected chi connectivity index (χ1v) is 11.6. The Hall–Kier alpha value is -3.60. The monoisotopic (exact) mass is 476 g/mol. The third-order valence-electron chi connectivity index (χ3n) is 5.45. The van der Waals surface area contributed by atoms with E-state index in [4.69, 9.17) is 26.2 Å². The van der Waals surface area contributed by atoms with Gasteiger partial charge >= 0.3 is 0 Å². The molecule has 0 spiro atoms. The van der Waals surface area contributed by atoms with E-state index < -0.39 is 5.91 Å². The number of ether oxygens (including phenoxy) is 2. The van der Waals surface area contributed by atoms with Crippen molar-refractivity contribution >= 4 is 23.6 Å². The highest BCUT2D eigenvalue weighted by Crippen LogP contribution is 2.32. The number of aromatic nitrogens is 2. The lowest BCUT2D eigenvalue weighted by Gasteiger charge is -2.10. The Morgan fingerprint density at radius 2 is 2.18 bits per heavy atom. The van der Waals surface area contributed by atoms with Crippen LogP contribution in [0.2, 0.25) is 5.02 Å². The third-order valence-corrected chi connectivity index (χ3v) is 5.74. The van der Waals surface area contributed by atoms with Crippen molar-refractivity contribution in [1.29, 1.82) is 5.26 Å². The number of para-hydroxylation sites is 1. The van der Waals surface area contributed by atoms with Crippen LogP contribution < -0.4 is 10.1 Å². The molecule has 34 heavy (non-hydrogen) atoms. The van der Waals surface area contributed by atoms with Gasteiger partial charge in [-0.05, 0) is 56.2 Å². The number of amides is 1. The molecule has 0 radical (unpaired) electrons. The van der Waals surface area contributed by atoms with Crippen LogP contribution in [0.25, 0.3) is 23.0 Å². The smallest absolute Gasteiger partial charge is 0.262 e. The van der Waals surface area contributed by atoms with E-state index in [0.717, 1.165) is 24.1 Å². The van der Waals surface area contributed by atoms with E-state index in [2.05, 4.69) is 5.32 Å². The highest BCUT2D eigenvalue weighted by atomic mass is 35.5. The second kappa shape index (κ2) is 11.0. The van der Waals surface area contributed by atoms with Crippen LogP contribution in [0.3, 0.4) is 0 Å². The molecular weight excluding hydrogens is 452 g/mol. The van der Waals surface area contributed by atoms with Gasteiger partial charge in [0.1, 0.15) is 23.1 Å². The summed E-state index contributed by atoms with van der Waals surface area (Å²) < 4.78 is 12.8. The molecule has 1 saturated heterocycles. The maximum Gasteiger partial charge on any atom is 0.262 e. The number of rotatable bonds is 8. The van der Waals surface area contributed by atoms with Crippen LogP contribution in [0.1, 0.15) is 25.3 Å². The van der Waals surface area contributed by atoms with E-state index >= 15 is 0 Å². The minimum atomic E-state index is -0.443. The molecule has 174 valence electrons. The predicted molar refractivity (Wildman–Crippen MR) is 131 cm³/mol. The molecule has 1 amide bonds. The fourth-order valence-corrected chi connectivity index (χ4v) is 4.00. The summed E-state index contributed by atoms with van der Waals surface area (Å²) in [5.41, 5.74) is 2.79. The Kier molecular flexibility index (Phi) is 7.63. The first-order chi connectivity index (χ1) is 16.6. The van der Waals surface area contributed by atoms with Crippen LogP contribution in [0.15, 0.2) is 60.3 Å². The number of nitrogens with one attached hydrogen (secondary N) is 1. The first-order valence-electron chi connectivity index (χ1n) is 11.2. The van der Waals surface area contributed by atoms with Gasteiger partial charge in [0.05, 0.1) is 23.4 Å². The summed E-state index contributed by atoms with van der Waals surface area (Å²) in [6, 6.07) is 17.0. The van der Waals surface area contributed by atoms with Gasteiger partial charge in [0.15, 0.2) is 0 Å². The number of carbonyl (C=O) groups excluding carboxylic acids is 1. The van der Waals surface area contributed by atoms with Gasteiger partial charge < -0.3 is 14.8 Å². The summed E-state index contributed by atoms with van der Waals surface area (Å²) in [6.07, 6.45) is 5.22. The van der Waals surface area contributed by atoms with Crippen molar-refractivity contribution in [3.8, 4) is 28.8 Å². The average Bonchev–Trinajstić information content (AvgIpc) is 3.53. The number of hydrogen-bond acceptors (Lipinski definition) is 5. The molecule has 0 aliphatic carbocycles. The van der Waals surface area contributed by atoms with Gasteiger partial charge in [0.25, 0.3) is 5.91 Å². The Bertz CT molecular complexity index is 1220. The van der Waals surface area contributed by atoms with Crippen LogP contribution in [0.5, 0.6) is 5.75 Å². The van der Waals surface area contributed by atoms with Gasteiger partial charge in [0, 0.05) is 30.5 Å². The number of hydrogen-bond donors (Lipinski definition) is 1. The zero-order chi connectivity index (χ0) is 23.9. The zero-order valence-corrected chi connectivity index (χ0v) is 19.6. The fraction of sp³-hybridized carbons (Fsp3) is 0.269. The Morgan fingerprint density at radius 1 is 1.35 bits per heavy atom. The molecule has 1 aliphatic heterocycles.